The third-order valence-corrected chi connectivity index (χ3v) is 9.74. The molecule has 0 bridgehead atoms. The molecule has 47 heavy (non-hydrogen) atoms. The smallest absolute Gasteiger partial charge is 0.417 e. The Kier molecular flexibility index (Phi) is 9.54. The normalized spacial score (nSPS) is 26.9. The van der Waals surface area contributed by atoms with E-state index < -0.39 is 65.4 Å². The van der Waals surface area contributed by atoms with Crippen molar-refractivity contribution in [2.45, 2.75) is 83.9 Å². The Morgan fingerprint density at radius 1 is 1.06 bits per heavy atom. The van der Waals surface area contributed by atoms with Gasteiger partial charge >= 0.3 is 18.4 Å². The second kappa shape index (κ2) is 13.0. The number of carbonyl (C=O) groups excluding carboxylic acids is 3. The summed E-state index contributed by atoms with van der Waals surface area (Å²) >= 11 is 0. The van der Waals surface area contributed by atoms with Crippen molar-refractivity contribution in [1.29, 1.82) is 0 Å². The number of benzene rings is 1. The van der Waals surface area contributed by atoms with E-state index in [-0.39, 0.29) is 47.5 Å². The number of hydrogen-bond acceptors (Lipinski definition) is 4. The molecule has 1 aromatic rings. The maximum atomic E-state index is 14.4. The van der Waals surface area contributed by atoms with Crippen molar-refractivity contribution < 1.29 is 45.5 Å². The van der Waals surface area contributed by atoms with Gasteiger partial charge in [-0.3, -0.25) is 9.59 Å². The molecule has 6 atom stereocenters. The molecule has 0 spiro atoms. The second-order valence-corrected chi connectivity index (χ2v) is 12.8. The first-order valence-corrected chi connectivity index (χ1v) is 15.9. The number of carbonyl (C=O) groups is 3. The fourth-order valence-corrected chi connectivity index (χ4v) is 6.86. The van der Waals surface area contributed by atoms with Crippen molar-refractivity contribution in [2.75, 3.05) is 6.54 Å². The molecule has 1 heterocycles. The number of nitrogens with zero attached hydrogens (tertiary/aromatic N) is 2. The first kappa shape index (κ1) is 34.5. The van der Waals surface area contributed by atoms with Crippen LogP contribution >= 0.6 is 0 Å². The Labute approximate surface area is 269 Å². The fraction of sp³-hybridized carbons (Fsp3) is 0.514. The summed E-state index contributed by atoms with van der Waals surface area (Å²) in [5, 5.41) is 0. The minimum atomic E-state index is -4.83. The summed E-state index contributed by atoms with van der Waals surface area (Å²) in [6.07, 6.45) is 0.239. The van der Waals surface area contributed by atoms with Crippen LogP contribution in [0.4, 0.5) is 31.1 Å². The number of imide groups is 1. The van der Waals surface area contributed by atoms with Gasteiger partial charge in [-0.2, -0.15) is 26.3 Å². The van der Waals surface area contributed by atoms with Gasteiger partial charge in [0.2, 0.25) is 11.8 Å². The van der Waals surface area contributed by atoms with Gasteiger partial charge in [-0.25, -0.2) is 9.69 Å². The van der Waals surface area contributed by atoms with Gasteiger partial charge < -0.3 is 9.64 Å². The average Bonchev–Trinajstić information content (AvgIpc) is 3.82. The number of hydrogen-bond donors (Lipinski definition) is 0. The summed E-state index contributed by atoms with van der Waals surface area (Å²) in [4.78, 5) is 42.1. The molecule has 2 fully saturated rings. The van der Waals surface area contributed by atoms with E-state index in [1.807, 2.05) is 24.3 Å². The molecule has 3 aliphatic carbocycles. The molecule has 1 saturated heterocycles. The zero-order valence-corrected chi connectivity index (χ0v) is 26.6. The number of alkyl halides is 6. The van der Waals surface area contributed by atoms with Crippen LogP contribution in [-0.2, 0) is 27.0 Å². The summed E-state index contributed by atoms with van der Waals surface area (Å²) in [6.45, 7) is 6.41. The van der Waals surface area contributed by atoms with Gasteiger partial charge in [0.25, 0.3) is 0 Å². The topological polar surface area (TPSA) is 66.9 Å². The molecule has 0 radical (unpaired) electrons. The lowest BCUT2D eigenvalue weighted by Crippen LogP contribution is -2.44. The molecule has 0 N–H and O–H groups in total. The number of rotatable bonds is 8. The summed E-state index contributed by atoms with van der Waals surface area (Å²) < 4.78 is 90.2. The van der Waals surface area contributed by atoms with Crippen LogP contribution in [0.3, 0.4) is 0 Å². The van der Waals surface area contributed by atoms with Crippen LogP contribution in [0.5, 0.6) is 0 Å². The van der Waals surface area contributed by atoms with E-state index in [0.717, 1.165) is 29.2 Å². The molecule has 254 valence electrons. The highest BCUT2D eigenvalue weighted by atomic mass is 19.4. The molecular formula is C35H38F6N2O4. The fourth-order valence-electron chi connectivity index (χ4n) is 6.86. The maximum Gasteiger partial charge on any atom is 0.417 e. The van der Waals surface area contributed by atoms with Crippen molar-refractivity contribution in [3.63, 3.8) is 0 Å². The summed E-state index contributed by atoms with van der Waals surface area (Å²) in [7, 11) is 0. The predicted molar refractivity (Wildman–Crippen MR) is 162 cm³/mol. The molecule has 1 aromatic carbocycles. The Morgan fingerprint density at radius 3 is 2.34 bits per heavy atom. The highest BCUT2D eigenvalue weighted by Crippen LogP contribution is 2.46. The van der Waals surface area contributed by atoms with Gasteiger partial charge in [0, 0.05) is 30.8 Å². The molecule has 6 nitrogen and oxygen atoms in total. The highest BCUT2D eigenvalue weighted by Gasteiger charge is 2.48. The monoisotopic (exact) mass is 664 g/mol. The Hall–Kier alpha value is -3.83. The van der Waals surface area contributed by atoms with Gasteiger partial charge in [0.15, 0.2) is 0 Å². The maximum absolute atomic E-state index is 14.4. The van der Waals surface area contributed by atoms with E-state index >= 15 is 0 Å². The first-order chi connectivity index (χ1) is 22.0. The Balaban J connectivity index is 1.50. The molecule has 1 saturated carbocycles. The highest BCUT2D eigenvalue weighted by molar-refractivity contribution is 5.96. The molecule has 12 heteroatoms. The van der Waals surface area contributed by atoms with Gasteiger partial charge in [0.1, 0.15) is 6.10 Å². The van der Waals surface area contributed by atoms with Gasteiger partial charge in [-0.1, -0.05) is 55.0 Å². The van der Waals surface area contributed by atoms with E-state index in [1.54, 1.807) is 20.8 Å². The van der Waals surface area contributed by atoms with Crippen molar-refractivity contribution in [3.8, 4) is 0 Å². The van der Waals surface area contributed by atoms with Crippen LogP contribution in [0.25, 0.3) is 0 Å². The van der Waals surface area contributed by atoms with Gasteiger partial charge in [-0.05, 0) is 69.2 Å². The summed E-state index contributed by atoms with van der Waals surface area (Å²) in [5.74, 6) is -4.35. The van der Waals surface area contributed by atoms with E-state index in [1.165, 1.54) is 17.9 Å². The van der Waals surface area contributed by atoms with Crippen LogP contribution in [0.1, 0.15) is 69.6 Å². The third kappa shape index (κ3) is 7.06. The Morgan fingerprint density at radius 2 is 1.77 bits per heavy atom. The van der Waals surface area contributed by atoms with Crippen LogP contribution in [-0.4, -0.2) is 52.6 Å². The van der Waals surface area contributed by atoms with Gasteiger partial charge in [0.05, 0.1) is 23.1 Å². The molecule has 1 aliphatic heterocycles. The van der Waals surface area contributed by atoms with E-state index in [2.05, 4.69) is 0 Å². The van der Waals surface area contributed by atoms with Crippen LogP contribution in [0, 0.1) is 23.7 Å². The largest absolute Gasteiger partial charge is 0.443 e. The number of ether oxygens (including phenoxy) is 1. The summed E-state index contributed by atoms with van der Waals surface area (Å²) in [6, 6.07) is 2.22. The van der Waals surface area contributed by atoms with Crippen LogP contribution < -0.4 is 0 Å². The second-order valence-electron chi connectivity index (χ2n) is 12.8. The summed E-state index contributed by atoms with van der Waals surface area (Å²) in [5.41, 5.74) is -1.65. The predicted octanol–water partition coefficient (Wildman–Crippen LogP) is 8.12. The van der Waals surface area contributed by atoms with E-state index in [4.69, 9.17) is 4.74 Å². The lowest BCUT2D eigenvalue weighted by molar-refractivity contribution is -0.137. The molecule has 0 aromatic heterocycles. The van der Waals surface area contributed by atoms with Crippen molar-refractivity contribution in [3.05, 3.63) is 82.5 Å². The molecule has 3 unspecified atom stereocenters. The zero-order chi connectivity index (χ0) is 34.4. The van der Waals surface area contributed by atoms with Crippen LogP contribution in [0.15, 0.2) is 65.8 Å². The lowest BCUT2D eigenvalue weighted by Gasteiger charge is -2.35. The SMILES string of the molecule is CCN(Cc1cc(C(F)(F)F)ccc1C1C=C(C(F)(F)F)C=C([C@@H](C)C(=O)N2C(=O)O[C@@H](C3C=CC=CC3)[C@H]2C)C1C)C(=O)C1CC1. The molecular weight excluding hydrogens is 626 g/mol. The number of cyclic esters (lactones) is 1. The standard InChI is InChI=1S/C35H38F6N2O4/c1-5-42(32(45)23-11-12-23)18-24-15-25(34(36,37)38)13-14-27(24)29-17-26(35(39,40)41)16-28(19(29)2)20(3)31(44)43-21(4)30(47-33(43)46)22-9-7-6-8-10-22/h6-9,13-17,19-23,29-30H,5,10-12,18H2,1-4H3/t19?,20-,21-,22?,29?,30-/m1/s1. The number of amides is 3. The zero-order valence-electron chi connectivity index (χ0n) is 26.6. The van der Waals surface area contributed by atoms with Gasteiger partial charge in [-0.15, -0.1) is 0 Å². The van der Waals surface area contributed by atoms with Crippen LogP contribution in [0.2, 0.25) is 0 Å². The molecule has 4 aliphatic rings. The average molecular weight is 665 g/mol. The first-order valence-electron chi connectivity index (χ1n) is 15.9. The third-order valence-electron chi connectivity index (χ3n) is 9.74. The number of halogens is 6. The minimum absolute atomic E-state index is 0.0831. The molecule has 3 amide bonds. The quantitative estimate of drug-likeness (QED) is 0.264. The lowest BCUT2D eigenvalue weighted by atomic mass is 9.72. The van der Waals surface area contributed by atoms with E-state index in [9.17, 15) is 40.7 Å². The van der Waals surface area contributed by atoms with E-state index in [0.29, 0.717) is 19.3 Å². The van der Waals surface area contributed by atoms with Crippen molar-refractivity contribution >= 4 is 17.9 Å². The van der Waals surface area contributed by atoms with Crippen molar-refractivity contribution in [2.24, 2.45) is 23.7 Å². The number of allylic oxidation sites excluding steroid dienone is 6. The molecule has 5 rings (SSSR count). The minimum Gasteiger partial charge on any atom is -0.443 e. The van der Waals surface area contributed by atoms with Crippen molar-refractivity contribution in [1.82, 2.24) is 9.80 Å². The Bertz CT molecular complexity index is 1540.